The van der Waals surface area contributed by atoms with Gasteiger partial charge in [0, 0.05) is 14.3 Å². The standard InChI is InChI=1S/C9H8S2/c1-2-3-7-6-9-8(11-7)4-5-10-9/h2-6H,1H3. The molecule has 0 atom stereocenters. The number of fused-ring (bicyclic) bond motifs is 1. The summed E-state index contributed by atoms with van der Waals surface area (Å²) >= 11 is 3.66. The van der Waals surface area contributed by atoms with Crippen LogP contribution in [-0.4, -0.2) is 0 Å². The van der Waals surface area contributed by atoms with Crippen LogP contribution in [0.2, 0.25) is 0 Å². The van der Waals surface area contributed by atoms with E-state index in [0.29, 0.717) is 0 Å². The molecule has 11 heavy (non-hydrogen) atoms. The molecule has 0 amide bonds. The van der Waals surface area contributed by atoms with Gasteiger partial charge >= 0.3 is 0 Å². The Kier molecular flexibility index (Phi) is 1.80. The van der Waals surface area contributed by atoms with E-state index in [0.717, 1.165) is 0 Å². The quantitative estimate of drug-likeness (QED) is 0.622. The molecular weight excluding hydrogens is 172 g/mol. The van der Waals surface area contributed by atoms with E-state index in [-0.39, 0.29) is 0 Å². The second kappa shape index (κ2) is 2.80. The zero-order chi connectivity index (χ0) is 7.68. The van der Waals surface area contributed by atoms with Gasteiger partial charge in [0.25, 0.3) is 0 Å². The first-order chi connectivity index (χ1) is 5.40. The minimum absolute atomic E-state index is 1.36. The highest BCUT2D eigenvalue weighted by molar-refractivity contribution is 7.27. The minimum atomic E-state index is 1.36. The van der Waals surface area contributed by atoms with Crippen LogP contribution in [0.25, 0.3) is 15.5 Å². The van der Waals surface area contributed by atoms with Gasteiger partial charge in [-0.25, -0.2) is 0 Å². The van der Waals surface area contributed by atoms with Crippen molar-refractivity contribution in [2.75, 3.05) is 0 Å². The van der Waals surface area contributed by atoms with Crippen molar-refractivity contribution in [1.29, 1.82) is 0 Å². The highest BCUT2D eigenvalue weighted by Crippen LogP contribution is 2.30. The topological polar surface area (TPSA) is 0 Å². The Morgan fingerprint density at radius 2 is 2.27 bits per heavy atom. The Morgan fingerprint density at radius 1 is 1.36 bits per heavy atom. The van der Waals surface area contributed by atoms with Gasteiger partial charge in [0.2, 0.25) is 0 Å². The summed E-state index contributed by atoms with van der Waals surface area (Å²) in [6.45, 7) is 2.05. The Labute approximate surface area is 73.8 Å². The summed E-state index contributed by atoms with van der Waals surface area (Å²) in [4.78, 5) is 1.36. The van der Waals surface area contributed by atoms with Crippen molar-refractivity contribution < 1.29 is 0 Å². The predicted octanol–water partition coefficient (Wildman–Crippen LogP) is 4.00. The first-order valence-electron chi connectivity index (χ1n) is 3.50. The van der Waals surface area contributed by atoms with E-state index in [1.807, 2.05) is 29.6 Å². The highest BCUT2D eigenvalue weighted by Gasteiger charge is 1.98. The number of hydrogen-bond acceptors (Lipinski definition) is 2. The Balaban J connectivity index is 2.58. The fourth-order valence-electron chi connectivity index (χ4n) is 1.03. The lowest BCUT2D eigenvalue weighted by Crippen LogP contribution is -1.51. The third-order valence-electron chi connectivity index (χ3n) is 1.49. The molecule has 0 spiro atoms. The van der Waals surface area contributed by atoms with Gasteiger partial charge < -0.3 is 0 Å². The molecule has 0 bridgehead atoms. The van der Waals surface area contributed by atoms with Crippen LogP contribution in [0, 0.1) is 0 Å². The van der Waals surface area contributed by atoms with Gasteiger partial charge in [-0.3, -0.25) is 0 Å². The fourth-order valence-corrected chi connectivity index (χ4v) is 3.12. The largest absolute Gasteiger partial charge is 0.143 e. The van der Waals surface area contributed by atoms with Crippen LogP contribution in [0.5, 0.6) is 0 Å². The van der Waals surface area contributed by atoms with Crippen molar-refractivity contribution in [2.24, 2.45) is 0 Å². The average molecular weight is 180 g/mol. The van der Waals surface area contributed by atoms with Crippen LogP contribution < -0.4 is 0 Å². The van der Waals surface area contributed by atoms with Crippen molar-refractivity contribution in [2.45, 2.75) is 6.92 Å². The number of hydrogen-bond donors (Lipinski definition) is 0. The van der Waals surface area contributed by atoms with Crippen LogP contribution in [0.3, 0.4) is 0 Å². The summed E-state index contributed by atoms with van der Waals surface area (Å²) in [5, 5.41) is 2.14. The van der Waals surface area contributed by atoms with Crippen LogP contribution >= 0.6 is 22.7 Å². The molecule has 0 aliphatic carbocycles. The van der Waals surface area contributed by atoms with Crippen molar-refractivity contribution in [3.05, 3.63) is 28.5 Å². The third kappa shape index (κ3) is 1.24. The van der Waals surface area contributed by atoms with Crippen molar-refractivity contribution in [1.82, 2.24) is 0 Å². The van der Waals surface area contributed by atoms with E-state index >= 15 is 0 Å². The smallest absolute Gasteiger partial charge is 0.0456 e. The van der Waals surface area contributed by atoms with E-state index in [1.54, 1.807) is 0 Å². The molecule has 2 aromatic rings. The Hall–Kier alpha value is -0.600. The van der Waals surface area contributed by atoms with Gasteiger partial charge in [-0.2, -0.15) is 0 Å². The second-order valence-corrected chi connectivity index (χ2v) is 4.36. The van der Waals surface area contributed by atoms with Crippen LogP contribution in [0.15, 0.2) is 23.6 Å². The number of rotatable bonds is 1. The van der Waals surface area contributed by atoms with Crippen molar-refractivity contribution in [3.8, 4) is 0 Å². The van der Waals surface area contributed by atoms with Gasteiger partial charge in [0.1, 0.15) is 0 Å². The Bertz CT molecular complexity index is 350. The molecule has 2 heterocycles. The van der Waals surface area contributed by atoms with E-state index in [9.17, 15) is 0 Å². The SMILES string of the molecule is CC=Cc1cc2sccc2s1. The molecule has 0 saturated heterocycles. The van der Waals surface area contributed by atoms with Gasteiger partial charge in [-0.05, 0) is 30.5 Å². The first-order valence-corrected chi connectivity index (χ1v) is 5.19. The maximum absolute atomic E-state index is 2.24. The lowest BCUT2D eigenvalue weighted by Gasteiger charge is -1.76. The van der Waals surface area contributed by atoms with Gasteiger partial charge in [0.05, 0.1) is 0 Å². The van der Waals surface area contributed by atoms with Gasteiger partial charge in [-0.1, -0.05) is 6.08 Å². The number of allylic oxidation sites excluding steroid dienone is 1. The summed E-state index contributed by atoms with van der Waals surface area (Å²) < 4.78 is 2.81. The molecule has 0 unspecified atom stereocenters. The van der Waals surface area contributed by atoms with Gasteiger partial charge in [0.15, 0.2) is 0 Å². The summed E-state index contributed by atoms with van der Waals surface area (Å²) in [5.41, 5.74) is 0. The maximum atomic E-state index is 2.24. The third-order valence-corrected chi connectivity index (χ3v) is 3.55. The molecule has 0 fully saturated rings. The first kappa shape index (κ1) is 7.07. The molecule has 2 heteroatoms. The maximum Gasteiger partial charge on any atom is 0.0456 e. The molecular formula is C9H8S2. The van der Waals surface area contributed by atoms with Gasteiger partial charge in [-0.15, -0.1) is 22.7 Å². The average Bonchev–Trinajstić information content (AvgIpc) is 2.46. The molecule has 0 aliphatic rings. The molecule has 0 aromatic carbocycles. The molecule has 56 valence electrons. The predicted molar refractivity (Wildman–Crippen MR) is 54.4 cm³/mol. The summed E-state index contributed by atoms with van der Waals surface area (Å²) in [5.74, 6) is 0. The zero-order valence-corrected chi connectivity index (χ0v) is 7.84. The van der Waals surface area contributed by atoms with Crippen LogP contribution in [0.4, 0.5) is 0 Å². The van der Waals surface area contributed by atoms with E-state index in [1.165, 1.54) is 14.3 Å². The Morgan fingerprint density at radius 3 is 3.00 bits per heavy atom. The number of thiophene rings is 2. The normalized spacial score (nSPS) is 11.7. The summed E-state index contributed by atoms with van der Waals surface area (Å²) in [6.07, 6.45) is 4.23. The molecule has 2 rings (SSSR count). The summed E-state index contributed by atoms with van der Waals surface area (Å²) in [6, 6.07) is 4.42. The molecule has 0 saturated carbocycles. The van der Waals surface area contributed by atoms with E-state index in [2.05, 4.69) is 29.7 Å². The van der Waals surface area contributed by atoms with Crippen molar-refractivity contribution >= 4 is 38.1 Å². The lowest BCUT2D eigenvalue weighted by molar-refractivity contribution is 1.79. The molecule has 0 nitrogen and oxygen atoms in total. The fraction of sp³-hybridized carbons (Fsp3) is 0.111. The zero-order valence-electron chi connectivity index (χ0n) is 6.20. The van der Waals surface area contributed by atoms with Crippen LogP contribution in [-0.2, 0) is 0 Å². The molecule has 0 N–H and O–H groups in total. The highest BCUT2D eigenvalue weighted by atomic mass is 32.1. The molecule has 0 aliphatic heterocycles. The van der Waals surface area contributed by atoms with E-state index < -0.39 is 0 Å². The van der Waals surface area contributed by atoms with E-state index in [4.69, 9.17) is 0 Å². The molecule has 2 aromatic heterocycles. The lowest BCUT2D eigenvalue weighted by atomic mass is 10.4. The van der Waals surface area contributed by atoms with Crippen LogP contribution in [0.1, 0.15) is 11.8 Å². The minimum Gasteiger partial charge on any atom is -0.143 e. The summed E-state index contributed by atoms with van der Waals surface area (Å²) in [7, 11) is 0. The molecule has 0 radical (unpaired) electrons. The monoisotopic (exact) mass is 180 g/mol. The second-order valence-electron chi connectivity index (χ2n) is 2.30. The van der Waals surface area contributed by atoms with Crippen molar-refractivity contribution in [3.63, 3.8) is 0 Å².